The van der Waals surface area contributed by atoms with Gasteiger partial charge in [0.15, 0.2) is 0 Å². The van der Waals surface area contributed by atoms with E-state index in [9.17, 15) is 0 Å². The van der Waals surface area contributed by atoms with Gasteiger partial charge in [0.25, 0.3) is 0 Å². The Labute approximate surface area is 283 Å². The minimum atomic E-state index is -4.64. The molecule has 0 bridgehead atoms. The van der Waals surface area contributed by atoms with Crippen LogP contribution >= 0.6 is 20.2 Å². The Hall–Kier alpha value is 8.31. The zero-order chi connectivity index (χ0) is 4.50. The van der Waals surface area contributed by atoms with E-state index < -0.39 is 7.82 Å². The molecule has 0 amide bonds. The fourth-order valence-electron chi connectivity index (χ4n) is 0. The van der Waals surface area contributed by atoms with Crippen LogP contribution in [0, 0.1) is 0 Å². The van der Waals surface area contributed by atoms with Crippen LogP contribution in [0.3, 0.4) is 0 Å². The van der Waals surface area contributed by atoms with Crippen molar-refractivity contribution in [3.63, 3.8) is 0 Å². The standard InChI is InChI=1S/ClH.3K.3Na.H3O4P.6H/c;;;;;;;1-5(2,3)4;;;;;;/h1H;;;;;;;(H3,1,2,3,4);;;;;;/q;6*+1;;6*-1/p+1. The summed E-state index contributed by atoms with van der Waals surface area (Å²) in [6.07, 6.45) is 0. The molecule has 0 heterocycles. The maximum absolute atomic E-state index is 8.88. The molecule has 0 aliphatic heterocycles. The molecule has 0 radical (unpaired) electrons. The molecule has 4 nitrogen and oxygen atoms in total. The van der Waals surface area contributed by atoms with Crippen LogP contribution < -0.4 is 243 Å². The van der Waals surface area contributed by atoms with Crippen LogP contribution in [0.25, 0.3) is 0 Å². The molecular formula is H11ClK3Na3O4P+. The van der Waals surface area contributed by atoms with Gasteiger partial charge in [-0.1, -0.05) is 0 Å². The number of hydrogen-bond acceptors (Lipinski definition) is 1. The molecule has 0 unspecified atom stereocenters. The Morgan fingerprint density at radius 1 is 0.917 bits per heavy atom. The van der Waals surface area contributed by atoms with E-state index in [0.717, 1.165) is 0 Å². The normalized spacial score (nSPS) is 4.92. The SMILES string of the molecule is Cl.O=P(O)(O)O.[H+].[H-].[H-].[H-].[H-].[H-].[H-].[K+].[K+].[K+].[Na+].[Na+].[Na+]. The molecule has 0 spiro atoms. The van der Waals surface area contributed by atoms with Crippen molar-refractivity contribution in [2.75, 3.05) is 0 Å². The third kappa shape index (κ3) is 79.5. The molecule has 0 saturated carbocycles. The summed E-state index contributed by atoms with van der Waals surface area (Å²) < 4.78 is 8.88. The molecule has 0 rings (SSSR count). The Morgan fingerprint density at radius 3 is 0.917 bits per heavy atom. The zero-order valence-corrected chi connectivity index (χ0v) is 25.7. The van der Waals surface area contributed by atoms with Gasteiger partial charge >= 0.3 is 252 Å². The molecule has 3 N–H and O–H groups in total. The molecule has 0 aromatic rings. The van der Waals surface area contributed by atoms with Gasteiger partial charge in [-0.25, -0.2) is 4.57 Å². The first-order valence-corrected chi connectivity index (χ1v) is 2.35. The molecule has 0 aliphatic carbocycles. The van der Waals surface area contributed by atoms with Crippen LogP contribution in [0.1, 0.15) is 9.99 Å². The van der Waals surface area contributed by atoms with Crippen molar-refractivity contribution in [3.8, 4) is 0 Å². The van der Waals surface area contributed by atoms with Crippen molar-refractivity contribution in [1.29, 1.82) is 0 Å². The van der Waals surface area contributed by atoms with E-state index in [1.807, 2.05) is 0 Å². The first-order chi connectivity index (χ1) is 2.00. The average molecular weight is 328 g/mol. The molecule has 52 valence electrons. The van der Waals surface area contributed by atoms with E-state index in [1.54, 1.807) is 0 Å². The fourth-order valence-corrected chi connectivity index (χ4v) is 0. The second-order valence-electron chi connectivity index (χ2n) is 0.513. The van der Waals surface area contributed by atoms with Crippen molar-refractivity contribution >= 4 is 20.2 Å². The van der Waals surface area contributed by atoms with Gasteiger partial charge < -0.3 is 23.2 Å². The smallest absolute Gasteiger partial charge is 1.00 e. The number of rotatable bonds is 0. The van der Waals surface area contributed by atoms with Gasteiger partial charge in [-0.05, 0) is 0 Å². The van der Waals surface area contributed by atoms with E-state index in [1.165, 1.54) is 0 Å². The Morgan fingerprint density at radius 2 is 0.917 bits per heavy atom. The van der Waals surface area contributed by atoms with Crippen LogP contribution in [0.2, 0.25) is 0 Å². The Bertz CT molecular complexity index is 89.7. The Kier molecular flexibility index (Phi) is 132. The van der Waals surface area contributed by atoms with E-state index in [4.69, 9.17) is 19.2 Å². The summed E-state index contributed by atoms with van der Waals surface area (Å²) >= 11 is 0. The van der Waals surface area contributed by atoms with Crippen LogP contribution in [-0.2, 0) is 4.57 Å². The van der Waals surface area contributed by atoms with Crippen molar-refractivity contribution in [3.05, 3.63) is 0 Å². The molecular weight excluding hydrogens is 317 g/mol. The minimum Gasteiger partial charge on any atom is -1.00 e. The molecule has 12 heavy (non-hydrogen) atoms. The van der Waals surface area contributed by atoms with Gasteiger partial charge in [0.05, 0.1) is 0 Å². The van der Waals surface area contributed by atoms with E-state index >= 15 is 0 Å². The summed E-state index contributed by atoms with van der Waals surface area (Å²) in [5, 5.41) is 0. The van der Waals surface area contributed by atoms with Crippen molar-refractivity contribution < 1.29 is 272 Å². The van der Waals surface area contributed by atoms with E-state index in [2.05, 4.69) is 0 Å². The first kappa shape index (κ1) is 50.0. The van der Waals surface area contributed by atoms with Crippen molar-refractivity contribution in [2.24, 2.45) is 0 Å². The number of hydrogen-bond donors (Lipinski definition) is 3. The third-order valence-electron chi connectivity index (χ3n) is 0. The largest absolute Gasteiger partial charge is 1.00 e. The molecule has 0 aliphatic rings. The Balaban J connectivity index is -0.000000000879. The molecule has 0 atom stereocenters. The fraction of sp³-hybridized carbons (Fsp3) is 0. The maximum atomic E-state index is 8.88. The van der Waals surface area contributed by atoms with Gasteiger partial charge in [0.2, 0.25) is 0 Å². The van der Waals surface area contributed by atoms with Gasteiger partial charge in [-0.2, -0.15) is 0 Å². The summed E-state index contributed by atoms with van der Waals surface area (Å²) in [5.41, 5.74) is 0. The molecule has 12 heteroatoms. The van der Waals surface area contributed by atoms with Crippen LogP contribution in [0.5, 0.6) is 0 Å². The summed E-state index contributed by atoms with van der Waals surface area (Å²) in [7, 11) is -4.64. The summed E-state index contributed by atoms with van der Waals surface area (Å²) in [6.45, 7) is 0. The molecule has 0 aromatic carbocycles. The monoisotopic (exact) mass is 327 g/mol. The predicted molar refractivity (Wildman–Crippen MR) is 29.3 cm³/mol. The maximum Gasteiger partial charge on any atom is 1.00 e. The van der Waals surface area contributed by atoms with Crippen LogP contribution in [-0.4, -0.2) is 14.7 Å². The van der Waals surface area contributed by atoms with Crippen molar-refractivity contribution in [2.45, 2.75) is 0 Å². The number of phosphoric acid groups is 1. The van der Waals surface area contributed by atoms with E-state index in [0.29, 0.717) is 0 Å². The summed E-state index contributed by atoms with van der Waals surface area (Å²) in [6, 6.07) is 0. The predicted octanol–water partition coefficient (Wildman–Crippen LogP) is -17.7. The first-order valence-electron chi connectivity index (χ1n) is 0.783. The topological polar surface area (TPSA) is 77.8 Å². The summed E-state index contributed by atoms with van der Waals surface area (Å²) in [4.78, 5) is 21.6. The van der Waals surface area contributed by atoms with Crippen molar-refractivity contribution in [1.82, 2.24) is 0 Å². The quantitative estimate of drug-likeness (QED) is 0.305. The van der Waals surface area contributed by atoms with Crippen LogP contribution in [0.4, 0.5) is 0 Å². The second-order valence-corrected chi connectivity index (χ2v) is 1.54. The third-order valence-corrected chi connectivity index (χ3v) is 0. The summed E-state index contributed by atoms with van der Waals surface area (Å²) in [5.74, 6) is 0. The molecule has 0 fully saturated rings. The van der Waals surface area contributed by atoms with Gasteiger partial charge in [0, 0.05) is 0 Å². The molecule has 0 saturated heterocycles. The minimum absolute atomic E-state index is 0. The van der Waals surface area contributed by atoms with Gasteiger partial charge in [-0.3, -0.25) is 0 Å². The van der Waals surface area contributed by atoms with Gasteiger partial charge in [-0.15, -0.1) is 12.4 Å². The second kappa shape index (κ2) is 31.6. The molecule has 0 aromatic heterocycles. The van der Waals surface area contributed by atoms with E-state index in [-0.39, 0.29) is 265 Å². The van der Waals surface area contributed by atoms with Crippen LogP contribution in [0.15, 0.2) is 0 Å². The number of halogens is 1. The average Bonchev–Trinajstić information content (AvgIpc) is 0.722. The van der Waals surface area contributed by atoms with Gasteiger partial charge in [0.1, 0.15) is 0 Å². The zero-order valence-electron chi connectivity index (χ0n) is 15.6.